The second-order valence-corrected chi connectivity index (χ2v) is 5.79. The highest BCUT2D eigenvalue weighted by Crippen LogP contribution is 2.24. The van der Waals surface area contributed by atoms with Crippen LogP contribution in [0.5, 0.6) is 0 Å². The molecule has 1 fully saturated rings. The summed E-state index contributed by atoms with van der Waals surface area (Å²) >= 11 is 5.85. The van der Waals surface area contributed by atoms with Gasteiger partial charge in [-0.15, -0.1) is 0 Å². The van der Waals surface area contributed by atoms with Crippen LogP contribution in [0.25, 0.3) is 0 Å². The first-order valence-corrected chi connectivity index (χ1v) is 7.63. The summed E-state index contributed by atoms with van der Waals surface area (Å²) in [5.41, 5.74) is 0. The first-order chi connectivity index (χ1) is 9.81. The Hall–Kier alpha value is -1.26. The molecule has 5 heteroatoms. The number of hydrogen-bond donors (Lipinski definition) is 0. The molecule has 4 nitrogen and oxygen atoms in total. The number of aromatic nitrogens is 2. The molecule has 2 aromatic rings. The van der Waals surface area contributed by atoms with Crippen molar-refractivity contribution in [2.24, 2.45) is 0 Å². The maximum atomic E-state index is 5.85. The number of nitrogens with zero attached hydrogens (tertiary/aromatic N) is 3. The Kier molecular flexibility index (Phi) is 4.43. The molecule has 108 valence electrons. The molecule has 3 rings (SSSR count). The van der Waals surface area contributed by atoms with Crippen LogP contribution >= 0.6 is 11.6 Å². The molecular formula is C15H20ClN3O. The number of hydrogen-bond acceptors (Lipinski definition) is 3. The molecule has 0 spiro atoms. The fraction of sp³-hybridized carbons (Fsp3) is 0.533. The minimum atomic E-state index is 0.479. The van der Waals surface area contributed by atoms with Crippen molar-refractivity contribution in [2.75, 3.05) is 6.54 Å². The van der Waals surface area contributed by atoms with Crippen LogP contribution in [-0.2, 0) is 13.1 Å². The van der Waals surface area contributed by atoms with Crippen LogP contribution in [0, 0.1) is 0 Å². The van der Waals surface area contributed by atoms with E-state index >= 15 is 0 Å². The Morgan fingerprint density at radius 1 is 1.35 bits per heavy atom. The SMILES string of the molecule is Clc1ccc(CN2CCCC[C@@H]2CCn2ccnc2)o1. The number of furan rings is 1. The lowest BCUT2D eigenvalue weighted by Gasteiger charge is -2.35. The monoisotopic (exact) mass is 293 g/mol. The second-order valence-electron chi connectivity index (χ2n) is 5.42. The number of halogens is 1. The maximum Gasteiger partial charge on any atom is 0.193 e. The second kappa shape index (κ2) is 6.46. The van der Waals surface area contributed by atoms with E-state index in [0.717, 1.165) is 31.8 Å². The zero-order valence-electron chi connectivity index (χ0n) is 11.5. The molecule has 0 aromatic carbocycles. The summed E-state index contributed by atoms with van der Waals surface area (Å²) in [5.74, 6) is 0.963. The summed E-state index contributed by atoms with van der Waals surface area (Å²) in [4.78, 5) is 6.62. The van der Waals surface area contributed by atoms with Gasteiger partial charge in [0.25, 0.3) is 0 Å². The Morgan fingerprint density at radius 3 is 3.05 bits per heavy atom. The standard InChI is InChI=1S/C15H20ClN3O/c16-15-5-4-14(20-15)11-19-8-2-1-3-13(19)6-9-18-10-7-17-12-18/h4-5,7,10,12-13H,1-3,6,8-9,11H2/t13-/m1/s1. The van der Waals surface area contributed by atoms with Crippen molar-refractivity contribution in [1.29, 1.82) is 0 Å². The van der Waals surface area contributed by atoms with Gasteiger partial charge in [0, 0.05) is 25.0 Å². The Labute approximate surface area is 124 Å². The molecule has 1 aliphatic heterocycles. The van der Waals surface area contributed by atoms with Crippen LogP contribution in [-0.4, -0.2) is 27.0 Å². The quantitative estimate of drug-likeness (QED) is 0.845. The Bertz CT molecular complexity index is 523. The zero-order chi connectivity index (χ0) is 13.8. The van der Waals surface area contributed by atoms with Crippen molar-refractivity contribution in [1.82, 2.24) is 14.5 Å². The molecule has 0 saturated carbocycles. The fourth-order valence-corrected chi connectivity index (χ4v) is 3.11. The van der Waals surface area contributed by atoms with E-state index in [9.17, 15) is 0 Å². The van der Waals surface area contributed by atoms with Crippen LogP contribution in [0.3, 0.4) is 0 Å². The van der Waals surface area contributed by atoms with Crippen LogP contribution in [0.1, 0.15) is 31.4 Å². The number of rotatable bonds is 5. The molecule has 0 amide bonds. The van der Waals surface area contributed by atoms with Gasteiger partial charge in [-0.3, -0.25) is 4.90 Å². The van der Waals surface area contributed by atoms with Gasteiger partial charge in [-0.25, -0.2) is 4.98 Å². The van der Waals surface area contributed by atoms with Crippen LogP contribution in [0.4, 0.5) is 0 Å². The van der Waals surface area contributed by atoms with E-state index in [-0.39, 0.29) is 0 Å². The molecule has 0 aliphatic carbocycles. The van der Waals surface area contributed by atoms with Gasteiger partial charge in [0.2, 0.25) is 0 Å². The van der Waals surface area contributed by atoms with E-state index in [4.69, 9.17) is 16.0 Å². The summed E-state index contributed by atoms with van der Waals surface area (Å²) in [6.45, 7) is 3.04. The van der Waals surface area contributed by atoms with E-state index in [1.807, 2.05) is 30.9 Å². The molecule has 20 heavy (non-hydrogen) atoms. The van der Waals surface area contributed by atoms with E-state index in [1.54, 1.807) is 0 Å². The summed E-state index contributed by atoms with van der Waals surface area (Å²) in [5, 5.41) is 0.479. The minimum Gasteiger partial charge on any atom is -0.448 e. The first-order valence-electron chi connectivity index (χ1n) is 7.25. The number of likely N-dealkylation sites (tertiary alicyclic amines) is 1. The molecule has 0 unspecified atom stereocenters. The van der Waals surface area contributed by atoms with E-state index < -0.39 is 0 Å². The predicted molar refractivity (Wildman–Crippen MR) is 78.6 cm³/mol. The molecule has 0 radical (unpaired) electrons. The zero-order valence-corrected chi connectivity index (χ0v) is 12.3. The summed E-state index contributed by atoms with van der Waals surface area (Å²) in [7, 11) is 0. The third-order valence-corrected chi connectivity index (χ3v) is 4.22. The molecule has 3 heterocycles. The maximum absolute atomic E-state index is 5.85. The number of imidazole rings is 1. The topological polar surface area (TPSA) is 34.2 Å². The molecule has 0 bridgehead atoms. The predicted octanol–water partition coefficient (Wildman–Crippen LogP) is 3.57. The lowest BCUT2D eigenvalue weighted by molar-refractivity contribution is 0.119. The molecule has 1 aliphatic rings. The van der Waals surface area contributed by atoms with Crippen molar-refractivity contribution in [3.05, 3.63) is 41.8 Å². The van der Waals surface area contributed by atoms with Crippen LogP contribution < -0.4 is 0 Å². The molecular weight excluding hydrogens is 274 g/mol. The van der Waals surface area contributed by atoms with E-state index in [2.05, 4.69) is 14.5 Å². The van der Waals surface area contributed by atoms with Crippen molar-refractivity contribution in [3.8, 4) is 0 Å². The smallest absolute Gasteiger partial charge is 0.193 e. The summed E-state index contributed by atoms with van der Waals surface area (Å²) in [6, 6.07) is 4.42. The van der Waals surface area contributed by atoms with Gasteiger partial charge < -0.3 is 8.98 Å². The van der Waals surface area contributed by atoms with Crippen molar-refractivity contribution in [2.45, 2.75) is 44.8 Å². The van der Waals surface area contributed by atoms with Crippen LogP contribution in [0.2, 0.25) is 5.22 Å². The van der Waals surface area contributed by atoms with Crippen molar-refractivity contribution < 1.29 is 4.42 Å². The third-order valence-electron chi connectivity index (χ3n) is 4.02. The van der Waals surface area contributed by atoms with Crippen molar-refractivity contribution in [3.63, 3.8) is 0 Å². The Morgan fingerprint density at radius 2 is 2.30 bits per heavy atom. The lowest BCUT2D eigenvalue weighted by atomic mass is 9.99. The van der Waals surface area contributed by atoms with Gasteiger partial charge in [0.1, 0.15) is 5.76 Å². The summed E-state index contributed by atoms with van der Waals surface area (Å²) in [6.07, 6.45) is 10.8. The van der Waals surface area contributed by atoms with Gasteiger partial charge in [-0.1, -0.05) is 6.42 Å². The number of aryl methyl sites for hydroxylation is 1. The fourth-order valence-electron chi connectivity index (χ4n) is 2.95. The highest BCUT2D eigenvalue weighted by molar-refractivity contribution is 6.28. The van der Waals surface area contributed by atoms with Gasteiger partial charge >= 0.3 is 0 Å². The first kappa shape index (κ1) is 13.7. The van der Waals surface area contributed by atoms with Gasteiger partial charge in [0.05, 0.1) is 12.9 Å². The van der Waals surface area contributed by atoms with E-state index in [0.29, 0.717) is 11.3 Å². The highest BCUT2D eigenvalue weighted by Gasteiger charge is 2.23. The van der Waals surface area contributed by atoms with Gasteiger partial charge in [-0.05, 0) is 49.5 Å². The van der Waals surface area contributed by atoms with Crippen LogP contribution in [0.15, 0.2) is 35.3 Å². The Balaban J connectivity index is 1.58. The molecule has 2 aromatic heterocycles. The average Bonchev–Trinajstić information content (AvgIpc) is 3.10. The molecule has 1 atom stereocenters. The van der Waals surface area contributed by atoms with E-state index in [1.165, 1.54) is 19.3 Å². The minimum absolute atomic E-state index is 0.479. The summed E-state index contributed by atoms with van der Waals surface area (Å²) < 4.78 is 7.64. The number of piperidine rings is 1. The van der Waals surface area contributed by atoms with Gasteiger partial charge in [0.15, 0.2) is 5.22 Å². The van der Waals surface area contributed by atoms with Gasteiger partial charge in [-0.2, -0.15) is 0 Å². The molecule has 1 saturated heterocycles. The molecule has 0 N–H and O–H groups in total. The lowest BCUT2D eigenvalue weighted by Crippen LogP contribution is -2.39. The average molecular weight is 294 g/mol. The van der Waals surface area contributed by atoms with Crippen molar-refractivity contribution >= 4 is 11.6 Å². The largest absolute Gasteiger partial charge is 0.448 e. The highest BCUT2D eigenvalue weighted by atomic mass is 35.5. The normalized spacial score (nSPS) is 20.4. The third kappa shape index (κ3) is 3.44.